The molecule has 0 atom stereocenters. The Balaban J connectivity index is 2.27. The van der Waals surface area contributed by atoms with E-state index in [1.807, 2.05) is 0 Å². The number of alkyl halides is 3. The highest BCUT2D eigenvalue weighted by Crippen LogP contribution is 2.32. The summed E-state index contributed by atoms with van der Waals surface area (Å²) in [5.74, 6) is -0.937. The van der Waals surface area contributed by atoms with E-state index >= 15 is 0 Å². The van der Waals surface area contributed by atoms with Gasteiger partial charge in [-0.05, 0) is 25.0 Å². The first-order chi connectivity index (χ1) is 11.2. The number of rotatable bonds is 7. The summed E-state index contributed by atoms with van der Waals surface area (Å²) in [5.41, 5.74) is -0.252. The van der Waals surface area contributed by atoms with Crippen molar-refractivity contribution in [3.8, 4) is 0 Å². The molecule has 6 nitrogen and oxygen atoms in total. The van der Waals surface area contributed by atoms with Gasteiger partial charge in [0.25, 0.3) is 11.6 Å². The molecule has 0 unspecified atom stereocenters. The molecule has 1 aromatic carbocycles. The van der Waals surface area contributed by atoms with Crippen molar-refractivity contribution in [2.75, 3.05) is 18.4 Å². The predicted octanol–water partition coefficient (Wildman–Crippen LogP) is 3.36. The highest BCUT2D eigenvalue weighted by Gasteiger charge is 2.33. The third kappa shape index (κ3) is 4.71. The molecule has 9 heteroatoms. The van der Waals surface area contributed by atoms with Crippen LogP contribution < -0.4 is 5.32 Å². The zero-order valence-electron chi connectivity index (χ0n) is 12.7. The first-order valence-electron chi connectivity index (χ1n) is 7.23. The smallest absolute Gasteiger partial charge is 0.377 e. The fourth-order valence-electron chi connectivity index (χ4n) is 2.16. The Bertz CT molecular complexity index is 657. The molecular formula is C15H16F3N3O3. The summed E-state index contributed by atoms with van der Waals surface area (Å²) in [4.78, 5) is 23.3. The number of hydrogen-bond donors (Lipinski definition) is 1. The maximum absolute atomic E-state index is 12.6. The van der Waals surface area contributed by atoms with E-state index in [0.29, 0.717) is 4.90 Å². The van der Waals surface area contributed by atoms with E-state index in [2.05, 4.69) is 11.9 Å². The Morgan fingerprint density at radius 3 is 2.62 bits per heavy atom. The first kappa shape index (κ1) is 17.8. The van der Waals surface area contributed by atoms with Gasteiger partial charge in [0.2, 0.25) is 0 Å². The maximum atomic E-state index is 12.6. The average Bonchev–Trinajstić information content (AvgIpc) is 3.29. The van der Waals surface area contributed by atoms with Gasteiger partial charge in [0.1, 0.15) is 12.2 Å². The van der Waals surface area contributed by atoms with Crippen LogP contribution >= 0.6 is 0 Å². The van der Waals surface area contributed by atoms with Crippen LogP contribution in [0.25, 0.3) is 0 Å². The highest BCUT2D eigenvalue weighted by atomic mass is 19.4. The molecule has 130 valence electrons. The largest absolute Gasteiger partial charge is 0.406 e. The number of nitro groups is 1. The van der Waals surface area contributed by atoms with Gasteiger partial charge in [-0.3, -0.25) is 14.9 Å². The van der Waals surface area contributed by atoms with Crippen LogP contribution in [0.5, 0.6) is 0 Å². The third-order valence-electron chi connectivity index (χ3n) is 3.39. The van der Waals surface area contributed by atoms with E-state index in [4.69, 9.17) is 0 Å². The van der Waals surface area contributed by atoms with Crippen molar-refractivity contribution in [2.24, 2.45) is 0 Å². The van der Waals surface area contributed by atoms with Gasteiger partial charge in [0, 0.05) is 24.2 Å². The quantitative estimate of drug-likeness (QED) is 0.468. The number of nitro benzene ring substituents is 1. The van der Waals surface area contributed by atoms with Gasteiger partial charge in [-0.1, -0.05) is 6.08 Å². The summed E-state index contributed by atoms with van der Waals surface area (Å²) in [6.07, 6.45) is -1.60. The number of carbonyl (C=O) groups excluding carboxylic acids is 1. The molecule has 0 radical (unpaired) electrons. The van der Waals surface area contributed by atoms with Crippen molar-refractivity contribution >= 4 is 17.3 Å². The minimum absolute atomic E-state index is 0.160. The van der Waals surface area contributed by atoms with Crippen molar-refractivity contribution in [2.45, 2.75) is 25.1 Å². The second-order valence-corrected chi connectivity index (χ2v) is 5.50. The number of amides is 1. The number of nitrogens with zero attached hydrogens (tertiary/aromatic N) is 2. The second-order valence-electron chi connectivity index (χ2n) is 5.50. The van der Waals surface area contributed by atoms with Crippen LogP contribution in [0.15, 0.2) is 30.9 Å². The topological polar surface area (TPSA) is 75.5 Å². The molecule has 1 amide bonds. The van der Waals surface area contributed by atoms with Gasteiger partial charge in [-0.25, -0.2) is 0 Å². The van der Waals surface area contributed by atoms with Gasteiger partial charge in [-0.2, -0.15) is 13.2 Å². The number of anilines is 1. The molecule has 1 aromatic rings. The molecule has 0 heterocycles. The molecule has 24 heavy (non-hydrogen) atoms. The molecule has 0 saturated heterocycles. The summed E-state index contributed by atoms with van der Waals surface area (Å²) < 4.78 is 37.7. The van der Waals surface area contributed by atoms with E-state index in [-0.39, 0.29) is 29.5 Å². The number of nitrogens with one attached hydrogen (secondary N) is 1. The summed E-state index contributed by atoms with van der Waals surface area (Å²) in [6, 6.07) is 3.79. The second kappa shape index (κ2) is 6.90. The molecule has 1 saturated carbocycles. The minimum Gasteiger partial charge on any atom is -0.377 e. The SMILES string of the molecule is C=CCN(CC(F)(F)F)C(=O)c1ccc(NC2CC2)c([N+](=O)[O-])c1. The Morgan fingerprint density at radius 1 is 1.46 bits per heavy atom. The zero-order valence-corrected chi connectivity index (χ0v) is 12.7. The lowest BCUT2D eigenvalue weighted by Crippen LogP contribution is -2.39. The molecule has 0 aliphatic heterocycles. The number of benzene rings is 1. The van der Waals surface area contributed by atoms with Gasteiger partial charge in [-0.15, -0.1) is 6.58 Å². The molecule has 1 aliphatic carbocycles. The average molecular weight is 343 g/mol. The van der Waals surface area contributed by atoms with Gasteiger partial charge >= 0.3 is 6.18 Å². The Hall–Kier alpha value is -2.58. The highest BCUT2D eigenvalue weighted by molar-refractivity contribution is 5.96. The normalized spacial score (nSPS) is 14.1. The summed E-state index contributed by atoms with van der Waals surface area (Å²) in [5, 5.41) is 14.1. The van der Waals surface area contributed by atoms with E-state index < -0.39 is 23.6 Å². The van der Waals surface area contributed by atoms with Crippen LogP contribution in [0.4, 0.5) is 24.5 Å². The number of halogens is 3. The third-order valence-corrected chi connectivity index (χ3v) is 3.39. The van der Waals surface area contributed by atoms with Crippen molar-refractivity contribution in [1.29, 1.82) is 0 Å². The first-order valence-corrected chi connectivity index (χ1v) is 7.23. The van der Waals surface area contributed by atoms with Crippen LogP contribution in [0.1, 0.15) is 23.2 Å². The van der Waals surface area contributed by atoms with Crippen LogP contribution in [-0.4, -0.2) is 41.0 Å². The van der Waals surface area contributed by atoms with Gasteiger partial charge in [0.15, 0.2) is 0 Å². The summed E-state index contributed by atoms with van der Waals surface area (Å²) >= 11 is 0. The lowest BCUT2D eigenvalue weighted by atomic mass is 10.1. The number of hydrogen-bond acceptors (Lipinski definition) is 4. The van der Waals surface area contributed by atoms with Crippen molar-refractivity contribution < 1.29 is 22.9 Å². The zero-order chi connectivity index (χ0) is 17.9. The van der Waals surface area contributed by atoms with Crippen molar-refractivity contribution in [3.63, 3.8) is 0 Å². The molecular weight excluding hydrogens is 327 g/mol. The van der Waals surface area contributed by atoms with E-state index in [0.717, 1.165) is 18.9 Å². The molecule has 1 N–H and O–H groups in total. The Labute approximate surface area is 136 Å². The Morgan fingerprint density at radius 2 is 2.12 bits per heavy atom. The van der Waals surface area contributed by atoms with E-state index in [1.165, 1.54) is 18.2 Å². The molecule has 1 aliphatic rings. The summed E-state index contributed by atoms with van der Waals surface area (Å²) in [6.45, 7) is 1.56. The van der Waals surface area contributed by atoms with Crippen LogP contribution in [0, 0.1) is 10.1 Å². The molecule has 0 bridgehead atoms. The van der Waals surface area contributed by atoms with Crippen LogP contribution in [-0.2, 0) is 0 Å². The molecule has 2 rings (SSSR count). The monoisotopic (exact) mass is 343 g/mol. The van der Waals surface area contributed by atoms with Crippen LogP contribution in [0.3, 0.4) is 0 Å². The number of carbonyl (C=O) groups is 1. The lowest BCUT2D eigenvalue weighted by Gasteiger charge is -2.22. The Kier molecular flexibility index (Phi) is 5.10. The molecule has 1 fully saturated rings. The minimum atomic E-state index is -4.57. The summed E-state index contributed by atoms with van der Waals surface area (Å²) in [7, 11) is 0. The molecule has 0 aromatic heterocycles. The standard InChI is InChI=1S/C15H16F3N3O3/c1-2-7-20(9-15(16,17)18)14(22)10-3-6-12(19-11-4-5-11)13(8-10)21(23)24/h2-3,6,8,11,19H,1,4-5,7,9H2. The lowest BCUT2D eigenvalue weighted by molar-refractivity contribution is -0.384. The van der Waals surface area contributed by atoms with E-state index in [9.17, 15) is 28.1 Å². The van der Waals surface area contributed by atoms with Crippen LogP contribution in [0.2, 0.25) is 0 Å². The fourth-order valence-corrected chi connectivity index (χ4v) is 2.16. The van der Waals surface area contributed by atoms with Crippen molar-refractivity contribution in [3.05, 3.63) is 46.5 Å². The van der Waals surface area contributed by atoms with E-state index in [1.54, 1.807) is 0 Å². The molecule has 0 spiro atoms. The van der Waals surface area contributed by atoms with Crippen molar-refractivity contribution in [1.82, 2.24) is 4.90 Å². The maximum Gasteiger partial charge on any atom is 0.406 e. The predicted molar refractivity (Wildman–Crippen MR) is 81.9 cm³/mol. The fraction of sp³-hybridized carbons (Fsp3) is 0.400. The van der Waals surface area contributed by atoms with Gasteiger partial charge < -0.3 is 10.2 Å². The van der Waals surface area contributed by atoms with Gasteiger partial charge in [0.05, 0.1) is 4.92 Å².